The first-order valence-corrected chi connectivity index (χ1v) is 9.57. The number of fused-ring (bicyclic) bond motifs is 1. The van der Waals surface area contributed by atoms with E-state index in [1.807, 2.05) is 50.2 Å². The van der Waals surface area contributed by atoms with Crippen LogP contribution in [-0.2, 0) is 24.3 Å². The predicted octanol–water partition coefficient (Wildman–Crippen LogP) is 3.77. The number of hydrogen-bond acceptors (Lipinski definition) is 4. The molecule has 1 aliphatic rings. The van der Waals surface area contributed by atoms with Crippen molar-refractivity contribution >= 4 is 5.91 Å². The SMILES string of the molecule is Cc1cccc(CN(Cc2cccc(C)n2)C(=O)C2Cc3cc(F)ccc3O2)n1. The quantitative estimate of drug-likeness (QED) is 0.665. The number of pyridine rings is 2. The normalized spacial score (nSPS) is 14.9. The second kappa shape index (κ2) is 7.99. The first-order valence-electron chi connectivity index (χ1n) is 9.57. The Hall–Kier alpha value is -3.28. The summed E-state index contributed by atoms with van der Waals surface area (Å²) in [6, 6.07) is 15.8. The van der Waals surface area contributed by atoms with Gasteiger partial charge in [0.2, 0.25) is 0 Å². The van der Waals surface area contributed by atoms with Crippen LogP contribution in [0.5, 0.6) is 5.75 Å². The molecule has 0 radical (unpaired) electrons. The minimum Gasteiger partial charge on any atom is -0.480 e. The van der Waals surface area contributed by atoms with Crippen molar-refractivity contribution in [3.05, 3.63) is 88.8 Å². The number of carbonyl (C=O) groups is 1. The molecule has 3 aromatic rings. The number of nitrogens with zero attached hydrogens (tertiary/aromatic N) is 3. The third-order valence-corrected chi connectivity index (χ3v) is 4.88. The van der Waals surface area contributed by atoms with Crippen molar-refractivity contribution in [2.24, 2.45) is 0 Å². The zero-order valence-corrected chi connectivity index (χ0v) is 16.4. The van der Waals surface area contributed by atoms with Gasteiger partial charge >= 0.3 is 0 Å². The fourth-order valence-corrected chi connectivity index (χ4v) is 3.54. The van der Waals surface area contributed by atoms with Crippen LogP contribution in [-0.4, -0.2) is 26.9 Å². The summed E-state index contributed by atoms with van der Waals surface area (Å²) in [7, 11) is 0. The van der Waals surface area contributed by atoms with Gasteiger partial charge in [-0.05, 0) is 56.3 Å². The van der Waals surface area contributed by atoms with E-state index in [4.69, 9.17) is 4.74 Å². The van der Waals surface area contributed by atoms with Gasteiger partial charge < -0.3 is 9.64 Å². The summed E-state index contributed by atoms with van der Waals surface area (Å²) in [5.41, 5.74) is 4.10. The lowest BCUT2D eigenvalue weighted by Crippen LogP contribution is -2.41. The van der Waals surface area contributed by atoms with E-state index in [1.165, 1.54) is 12.1 Å². The van der Waals surface area contributed by atoms with Gasteiger partial charge in [0.15, 0.2) is 6.10 Å². The van der Waals surface area contributed by atoms with Crippen LogP contribution in [0, 0.1) is 19.7 Å². The Balaban J connectivity index is 1.58. The second-order valence-electron chi connectivity index (χ2n) is 7.30. The molecule has 5 nitrogen and oxygen atoms in total. The molecule has 29 heavy (non-hydrogen) atoms. The molecule has 1 amide bonds. The smallest absolute Gasteiger partial charge is 0.264 e. The number of rotatable bonds is 5. The van der Waals surface area contributed by atoms with Crippen LogP contribution >= 0.6 is 0 Å². The molecule has 0 fully saturated rings. The first-order chi connectivity index (χ1) is 14.0. The zero-order chi connectivity index (χ0) is 20.4. The lowest BCUT2D eigenvalue weighted by Gasteiger charge is -2.25. The molecule has 0 N–H and O–H groups in total. The Morgan fingerprint density at radius 1 is 1.03 bits per heavy atom. The maximum atomic E-state index is 13.5. The van der Waals surface area contributed by atoms with E-state index in [1.54, 1.807) is 11.0 Å². The number of benzene rings is 1. The number of amides is 1. The standard InChI is InChI=1S/C23H22FN3O2/c1-15-5-3-7-19(25-15)13-27(14-20-8-4-6-16(2)26-20)23(28)22-12-17-11-18(24)9-10-21(17)29-22/h3-11,22H,12-14H2,1-2H3. The van der Waals surface area contributed by atoms with Gasteiger partial charge in [-0.1, -0.05) is 12.1 Å². The average molecular weight is 391 g/mol. The molecule has 148 valence electrons. The van der Waals surface area contributed by atoms with Crippen LogP contribution in [0.1, 0.15) is 28.3 Å². The van der Waals surface area contributed by atoms with Crippen molar-refractivity contribution in [3.8, 4) is 5.75 Å². The number of halogens is 1. The van der Waals surface area contributed by atoms with E-state index < -0.39 is 6.10 Å². The Kier molecular flexibility index (Phi) is 5.25. The molecule has 4 rings (SSSR count). The van der Waals surface area contributed by atoms with Crippen molar-refractivity contribution < 1.29 is 13.9 Å². The van der Waals surface area contributed by atoms with E-state index in [0.717, 1.165) is 22.8 Å². The molecule has 6 heteroatoms. The minimum absolute atomic E-state index is 0.159. The summed E-state index contributed by atoms with van der Waals surface area (Å²) in [6.45, 7) is 4.54. The van der Waals surface area contributed by atoms with Crippen LogP contribution in [0.2, 0.25) is 0 Å². The van der Waals surface area contributed by atoms with Gasteiger partial charge in [-0.3, -0.25) is 14.8 Å². The van der Waals surface area contributed by atoms with Gasteiger partial charge in [0, 0.05) is 23.4 Å². The number of aryl methyl sites for hydroxylation is 2. The molecule has 0 spiro atoms. The van der Waals surface area contributed by atoms with Crippen molar-refractivity contribution in [2.45, 2.75) is 39.5 Å². The van der Waals surface area contributed by atoms with Crippen LogP contribution in [0.15, 0.2) is 54.6 Å². The molecule has 1 atom stereocenters. The fourth-order valence-electron chi connectivity index (χ4n) is 3.54. The van der Waals surface area contributed by atoms with Gasteiger partial charge in [0.25, 0.3) is 5.91 Å². The van der Waals surface area contributed by atoms with E-state index in [0.29, 0.717) is 30.8 Å². The fraction of sp³-hybridized carbons (Fsp3) is 0.261. The van der Waals surface area contributed by atoms with E-state index in [2.05, 4.69) is 9.97 Å². The number of hydrogen-bond donors (Lipinski definition) is 0. The molecule has 1 aliphatic heterocycles. The third kappa shape index (κ3) is 4.42. The van der Waals surface area contributed by atoms with Crippen LogP contribution < -0.4 is 4.74 Å². The highest BCUT2D eigenvalue weighted by Crippen LogP contribution is 2.30. The number of aromatic nitrogens is 2. The zero-order valence-electron chi connectivity index (χ0n) is 16.4. The summed E-state index contributed by atoms with van der Waals surface area (Å²) >= 11 is 0. The molecule has 0 bridgehead atoms. The van der Waals surface area contributed by atoms with Crippen molar-refractivity contribution in [2.75, 3.05) is 0 Å². The Labute approximate surface area is 169 Å². The molecule has 0 saturated carbocycles. The molecule has 3 heterocycles. The predicted molar refractivity (Wildman–Crippen MR) is 107 cm³/mol. The Bertz CT molecular complexity index is 1010. The molecule has 1 unspecified atom stereocenters. The second-order valence-corrected chi connectivity index (χ2v) is 7.30. The molecule has 0 saturated heterocycles. The lowest BCUT2D eigenvalue weighted by molar-refractivity contribution is -0.139. The highest BCUT2D eigenvalue weighted by molar-refractivity contribution is 5.82. The third-order valence-electron chi connectivity index (χ3n) is 4.88. The van der Waals surface area contributed by atoms with Crippen molar-refractivity contribution in [1.29, 1.82) is 0 Å². The topological polar surface area (TPSA) is 55.3 Å². The van der Waals surface area contributed by atoms with Crippen LogP contribution in [0.3, 0.4) is 0 Å². The van der Waals surface area contributed by atoms with Gasteiger partial charge in [-0.15, -0.1) is 0 Å². The summed E-state index contributed by atoms with van der Waals surface area (Å²) < 4.78 is 19.4. The molecular weight excluding hydrogens is 369 g/mol. The van der Waals surface area contributed by atoms with Gasteiger partial charge in [0.05, 0.1) is 24.5 Å². The summed E-state index contributed by atoms with van der Waals surface area (Å²) in [4.78, 5) is 24.1. The maximum Gasteiger partial charge on any atom is 0.264 e. The summed E-state index contributed by atoms with van der Waals surface area (Å²) in [5, 5.41) is 0. The monoisotopic (exact) mass is 391 g/mol. The van der Waals surface area contributed by atoms with E-state index in [-0.39, 0.29) is 11.7 Å². The minimum atomic E-state index is -0.679. The van der Waals surface area contributed by atoms with Gasteiger partial charge in [0.1, 0.15) is 11.6 Å². The molecule has 0 aliphatic carbocycles. The molecule has 1 aromatic carbocycles. The van der Waals surface area contributed by atoms with E-state index in [9.17, 15) is 9.18 Å². The number of carbonyl (C=O) groups excluding carboxylic acids is 1. The largest absolute Gasteiger partial charge is 0.480 e. The van der Waals surface area contributed by atoms with Gasteiger partial charge in [-0.25, -0.2) is 4.39 Å². The average Bonchev–Trinajstić information content (AvgIpc) is 3.10. The first kappa shape index (κ1) is 19.1. The Morgan fingerprint density at radius 3 is 2.24 bits per heavy atom. The maximum absolute atomic E-state index is 13.5. The lowest BCUT2D eigenvalue weighted by atomic mass is 10.1. The van der Waals surface area contributed by atoms with Crippen molar-refractivity contribution in [1.82, 2.24) is 14.9 Å². The van der Waals surface area contributed by atoms with Gasteiger partial charge in [-0.2, -0.15) is 0 Å². The number of ether oxygens (including phenoxy) is 1. The Morgan fingerprint density at radius 2 is 1.66 bits per heavy atom. The summed E-state index contributed by atoms with van der Waals surface area (Å²) in [5.74, 6) is 0.0745. The molecule has 2 aromatic heterocycles. The van der Waals surface area contributed by atoms with Crippen molar-refractivity contribution in [3.63, 3.8) is 0 Å². The van der Waals surface area contributed by atoms with Crippen LogP contribution in [0.4, 0.5) is 4.39 Å². The van der Waals surface area contributed by atoms with Crippen LogP contribution in [0.25, 0.3) is 0 Å². The highest BCUT2D eigenvalue weighted by Gasteiger charge is 2.33. The summed E-state index contributed by atoms with van der Waals surface area (Å²) in [6.07, 6.45) is -0.327. The van der Waals surface area contributed by atoms with E-state index >= 15 is 0 Å². The highest BCUT2D eigenvalue weighted by atomic mass is 19.1. The molecular formula is C23H22FN3O2.